The van der Waals surface area contributed by atoms with Crippen LogP contribution in [0.4, 0.5) is 0 Å². The van der Waals surface area contributed by atoms with E-state index in [-0.39, 0.29) is 70.3 Å². The van der Waals surface area contributed by atoms with Gasteiger partial charge in [-0.1, -0.05) is 122 Å². The first-order valence-corrected chi connectivity index (χ1v) is 18.8. The Balaban J connectivity index is 0.000000292. The maximum atomic E-state index is 8.91. The van der Waals surface area contributed by atoms with Gasteiger partial charge in [-0.25, -0.2) is 0 Å². The van der Waals surface area contributed by atoms with Crippen LogP contribution in [0.5, 0.6) is 0 Å². The van der Waals surface area contributed by atoms with Gasteiger partial charge in [0.1, 0.15) is 5.58 Å². The number of hydrogen-bond donors (Lipinski definition) is 0. The van der Waals surface area contributed by atoms with Crippen molar-refractivity contribution in [3.05, 3.63) is 179 Å². The average molecular weight is 947 g/mol. The summed E-state index contributed by atoms with van der Waals surface area (Å²) in [5.41, 5.74) is 4.40. The first-order valence-electron chi connectivity index (χ1n) is 26.8. The molecule has 289 valence electrons. The zero-order valence-corrected chi connectivity index (χ0v) is 33.6. The van der Waals surface area contributed by atoms with Gasteiger partial charge < -0.3 is 14.4 Å². The summed E-state index contributed by atoms with van der Waals surface area (Å²) in [5.74, 6) is -0.707. The van der Waals surface area contributed by atoms with Crippen LogP contribution in [-0.2, 0) is 20.1 Å². The molecule has 3 aromatic heterocycles. The van der Waals surface area contributed by atoms with Gasteiger partial charge in [0.15, 0.2) is 0 Å². The van der Waals surface area contributed by atoms with Crippen LogP contribution < -0.4 is 0 Å². The fraction of sp³-hybridized carbons (Fsp3) is 0.185. The molecule has 0 spiro atoms. The van der Waals surface area contributed by atoms with E-state index in [1.807, 2.05) is 54.6 Å². The van der Waals surface area contributed by atoms with E-state index >= 15 is 0 Å². The van der Waals surface area contributed by atoms with Crippen molar-refractivity contribution in [2.75, 3.05) is 0 Å². The summed E-state index contributed by atoms with van der Waals surface area (Å²) in [4.78, 5) is 8.62. The minimum Gasteiger partial charge on any atom is -0.500 e. The molecule has 4 heteroatoms. The zero-order valence-electron chi connectivity index (χ0n) is 47.2. The monoisotopic (exact) mass is 947 g/mol. The molecular weight excluding hydrogens is 885 g/mol. The van der Waals surface area contributed by atoms with Crippen LogP contribution in [0, 0.1) is 46.4 Å². The molecule has 0 unspecified atom stereocenters. The molecule has 0 N–H and O–H groups in total. The van der Waals surface area contributed by atoms with Crippen molar-refractivity contribution in [1.82, 2.24) is 9.97 Å². The van der Waals surface area contributed by atoms with E-state index in [4.69, 9.17) is 26.3 Å². The van der Waals surface area contributed by atoms with E-state index in [1.54, 1.807) is 30.3 Å². The maximum absolute atomic E-state index is 8.91. The van der Waals surface area contributed by atoms with Crippen molar-refractivity contribution in [3.63, 3.8) is 0 Å². The van der Waals surface area contributed by atoms with E-state index in [9.17, 15) is 0 Å². The first kappa shape index (κ1) is 24.3. The molecule has 1 saturated carbocycles. The Morgan fingerprint density at radius 1 is 0.621 bits per heavy atom. The van der Waals surface area contributed by atoms with Gasteiger partial charge in [0, 0.05) is 65.2 Å². The van der Waals surface area contributed by atoms with E-state index < -0.39 is 40.2 Å². The van der Waals surface area contributed by atoms with Crippen molar-refractivity contribution >= 4 is 32.7 Å². The standard InChI is InChI=1S/C41H34NO.C13H12N.Ir/c1-25-22-37(26(2)21-36(25)31-17-15-29(16-18-31)28-9-4-5-10-28)38-23-39(42-24-27(38)3)35-14-8-13-33-34-20-19-30-11-6-7-12-32(30)40(34)43-41(33)35;1-10-3-6-12(7-4-10)13-8-5-11(2)9-14-13;/h6-8,11-13,15-24,28H,4-5,9-10H2,1-3H3;3-6,8-9H,1-2H3;/q2*-1;/i1D3,2D3,3D3,28D;1D3,2D3;. The largest absolute Gasteiger partial charge is 0.500 e. The van der Waals surface area contributed by atoms with Crippen molar-refractivity contribution in [2.45, 2.75) is 65.8 Å². The Labute approximate surface area is 378 Å². The second-order valence-electron chi connectivity index (χ2n) is 14.2. The smallest absolute Gasteiger partial charge is 0.128 e. The molecular formula is C54H46IrN2O-2. The van der Waals surface area contributed by atoms with Crippen LogP contribution >= 0.6 is 0 Å². The maximum Gasteiger partial charge on any atom is 0.128 e. The first-order chi connectivity index (χ1) is 34.2. The van der Waals surface area contributed by atoms with Gasteiger partial charge in [-0.05, 0) is 113 Å². The Kier molecular flexibility index (Phi) is 6.98. The third-order valence-electron chi connectivity index (χ3n) is 10.6. The number of furan rings is 1. The van der Waals surface area contributed by atoms with E-state index in [2.05, 4.69) is 22.1 Å². The Morgan fingerprint density at radius 2 is 1.36 bits per heavy atom. The van der Waals surface area contributed by atoms with Crippen LogP contribution in [-0.4, -0.2) is 9.97 Å². The normalized spacial score (nSPS) is 18.5. The topological polar surface area (TPSA) is 38.9 Å². The summed E-state index contributed by atoms with van der Waals surface area (Å²) < 4.78 is 136. The van der Waals surface area contributed by atoms with Crippen LogP contribution in [0.25, 0.3) is 77.5 Å². The van der Waals surface area contributed by atoms with Crippen LogP contribution in [0.15, 0.2) is 138 Å². The molecule has 3 heterocycles. The fourth-order valence-electron chi connectivity index (χ4n) is 7.65. The molecule has 1 aliphatic carbocycles. The summed E-state index contributed by atoms with van der Waals surface area (Å²) in [6, 6.07) is 40.4. The molecule has 9 aromatic rings. The van der Waals surface area contributed by atoms with Crippen molar-refractivity contribution in [1.29, 1.82) is 0 Å². The van der Waals surface area contributed by atoms with Crippen LogP contribution in [0.2, 0.25) is 0 Å². The Hall–Kier alpha value is -5.67. The van der Waals surface area contributed by atoms with E-state index in [0.717, 1.165) is 52.8 Å². The third kappa shape index (κ3) is 7.67. The van der Waals surface area contributed by atoms with E-state index in [0.29, 0.717) is 33.6 Å². The Morgan fingerprint density at radius 3 is 2.12 bits per heavy atom. The second-order valence-corrected chi connectivity index (χ2v) is 14.2. The number of aromatic nitrogens is 2. The van der Waals surface area contributed by atoms with Gasteiger partial charge in [0.2, 0.25) is 0 Å². The van der Waals surface area contributed by atoms with Crippen LogP contribution in [0.1, 0.15) is 86.9 Å². The molecule has 1 aliphatic rings. The van der Waals surface area contributed by atoms with Gasteiger partial charge >= 0.3 is 0 Å². The van der Waals surface area contributed by atoms with Crippen molar-refractivity contribution in [3.8, 4) is 44.8 Å². The zero-order chi connectivity index (χ0) is 52.5. The van der Waals surface area contributed by atoms with Gasteiger partial charge in [-0.15, -0.1) is 53.6 Å². The number of fused-ring (bicyclic) bond motifs is 5. The fourth-order valence-corrected chi connectivity index (χ4v) is 7.65. The summed E-state index contributed by atoms with van der Waals surface area (Å²) in [5, 5.41) is 3.61. The molecule has 10 rings (SSSR count). The van der Waals surface area contributed by atoms with Gasteiger partial charge in [0.05, 0.1) is 5.58 Å². The minimum absolute atomic E-state index is 0. The molecule has 0 bridgehead atoms. The summed E-state index contributed by atoms with van der Waals surface area (Å²) in [7, 11) is 0. The second kappa shape index (κ2) is 16.7. The summed E-state index contributed by atoms with van der Waals surface area (Å²) in [6.45, 7) is -12.5. The van der Waals surface area contributed by atoms with Gasteiger partial charge in [-0.3, -0.25) is 0 Å². The molecule has 0 saturated heterocycles. The number of rotatable bonds is 5. The number of hydrogen-bond acceptors (Lipinski definition) is 3. The number of pyridine rings is 2. The molecule has 1 fully saturated rings. The minimum atomic E-state index is -2.76. The van der Waals surface area contributed by atoms with Crippen molar-refractivity contribution in [2.24, 2.45) is 0 Å². The molecule has 3 nitrogen and oxygen atoms in total. The summed E-state index contributed by atoms with van der Waals surface area (Å²) in [6.07, 6.45) is 5.92. The molecule has 58 heavy (non-hydrogen) atoms. The number of aryl methyl sites for hydroxylation is 5. The molecule has 0 amide bonds. The molecule has 0 atom stereocenters. The SMILES string of the molecule is [2H]C([2H])([2H])c1c[c-]c(-c2ccc(C([2H])([2H])[2H])cn2)cc1.[2H]C([2H])([2H])c1cc(-c2cc(-c3[c-]ccc4c3oc3c5ccccc5ccc43)ncc2C([2H])([2H])[2H])c(C([2H])([2H])[2H])cc1-c1ccc(C2([2H])CCCC2)cc1.[Ir]. The summed E-state index contributed by atoms with van der Waals surface area (Å²) >= 11 is 0. The molecule has 0 aliphatic heterocycles. The number of benzene rings is 6. The van der Waals surface area contributed by atoms with Gasteiger partial charge in [-0.2, -0.15) is 0 Å². The third-order valence-corrected chi connectivity index (χ3v) is 10.6. The number of nitrogens with zero attached hydrogens (tertiary/aromatic N) is 2. The Bertz CT molecular complexity index is 3440. The average Bonchev–Trinajstić information content (AvgIpc) is 3.97. The predicted molar refractivity (Wildman–Crippen MR) is 238 cm³/mol. The van der Waals surface area contributed by atoms with E-state index in [1.165, 1.54) is 48.8 Å². The van der Waals surface area contributed by atoms with Crippen LogP contribution in [0.3, 0.4) is 0 Å². The van der Waals surface area contributed by atoms with Gasteiger partial charge in [0.25, 0.3) is 0 Å². The molecule has 1 radical (unpaired) electrons. The quantitative estimate of drug-likeness (QED) is 0.161. The molecule has 6 aromatic carbocycles. The van der Waals surface area contributed by atoms with Crippen molar-refractivity contribution < 1.29 is 46.5 Å². The predicted octanol–water partition coefficient (Wildman–Crippen LogP) is 14.7.